The van der Waals surface area contributed by atoms with Crippen molar-refractivity contribution in [3.05, 3.63) is 68.7 Å². The summed E-state index contributed by atoms with van der Waals surface area (Å²) in [4.78, 5) is 23.8. The van der Waals surface area contributed by atoms with Crippen molar-refractivity contribution in [1.82, 2.24) is 10.9 Å². The molecule has 0 saturated heterocycles. The second kappa shape index (κ2) is 6.80. The Morgan fingerprint density at radius 2 is 1.33 bits per heavy atom. The van der Waals surface area contributed by atoms with Crippen LogP contribution in [0.25, 0.3) is 0 Å². The first-order valence-electron chi connectivity index (χ1n) is 5.79. The van der Waals surface area contributed by atoms with Gasteiger partial charge in [-0.15, -0.1) is 0 Å². The van der Waals surface area contributed by atoms with Crippen LogP contribution in [-0.4, -0.2) is 11.8 Å². The van der Waals surface area contributed by atoms with Crippen LogP contribution in [-0.2, 0) is 0 Å². The molecule has 2 N–H and O–H groups in total. The van der Waals surface area contributed by atoms with Crippen LogP contribution in [0.4, 0.5) is 0 Å². The van der Waals surface area contributed by atoms with E-state index in [-0.39, 0.29) is 21.2 Å². The van der Waals surface area contributed by atoms with Crippen molar-refractivity contribution in [2.75, 3.05) is 0 Å². The van der Waals surface area contributed by atoms with E-state index in [1.165, 1.54) is 18.2 Å². The fourth-order valence-electron chi connectivity index (χ4n) is 1.57. The Morgan fingerprint density at radius 1 is 0.762 bits per heavy atom. The van der Waals surface area contributed by atoms with Gasteiger partial charge in [0.2, 0.25) is 0 Å². The van der Waals surface area contributed by atoms with Gasteiger partial charge < -0.3 is 0 Å². The number of nitrogens with one attached hydrogen (secondary N) is 2. The molecule has 4 nitrogen and oxygen atoms in total. The van der Waals surface area contributed by atoms with Crippen LogP contribution in [0.1, 0.15) is 20.7 Å². The van der Waals surface area contributed by atoms with E-state index in [1.54, 1.807) is 24.3 Å². The molecule has 2 aromatic rings. The van der Waals surface area contributed by atoms with E-state index >= 15 is 0 Å². The lowest BCUT2D eigenvalue weighted by Gasteiger charge is -2.09. The minimum atomic E-state index is -0.581. The third-order valence-corrected chi connectivity index (χ3v) is 3.48. The minimum absolute atomic E-state index is 0.156. The van der Waals surface area contributed by atoms with E-state index in [2.05, 4.69) is 10.9 Å². The monoisotopic (exact) mass is 342 g/mol. The Hall–Kier alpha value is -1.75. The molecule has 0 bridgehead atoms. The zero-order valence-electron chi connectivity index (χ0n) is 10.5. The predicted molar refractivity (Wildman–Crippen MR) is 82.8 cm³/mol. The lowest BCUT2D eigenvalue weighted by molar-refractivity contribution is 0.0847. The summed E-state index contributed by atoms with van der Waals surface area (Å²) in [6.45, 7) is 0. The van der Waals surface area contributed by atoms with Crippen LogP contribution in [0.2, 0.25) is 15.1 Å². The van der Waals surface area contributed by atoms with Crippen molar-refractivity contribution in [2.45, 2.75) is 0 Å². The van der Waals surface area contributed by atoms with E-state index < -0.39 is 11.8 Å². The molecule has 21 heavy (non-hydrogen) atoms. The maximum atomic E-state index is 11.9. The molecule has 2 aromatic carbocycles. The number of rotatable bonds is 2. The SMILES string of the molecule is O=C(NNC(=O)c1cc(Cl)ccc1Cl)c1ccccc1Cl. The summed E-state index contributed by atoms with van der Waals surface area (Å²) in [5.41, 5.74) is 4.92. The predicted octanol–water partition coefficient (Wildman–Crippen LogP) is 3.72. The number of hydrazine groups is 1. The number of benzene rings is 2. The lowest BCUT2D eigenvalue weighted by atomic mass is 10.2. The summed E-state index contributed by atoms with van der Waals surface area (Å²) in [5.74, 6) is -1.12. The maximum absolute atomic E-state index is 11.9. The van der Waals surface area contributed by atoms with Crippen LogP contribution in [0.3, 0.4) is 0 Å². The van der Waals surface area contributed by atoms with Gasteiger partial charge in [0.25, 0.3) is 11.8 Å². The molecule has 0 atom stereocenters. The Balaban J connectivity index is 2.06. The van der Waals surface area contributed by atoms with Crippen molar-refractivity contribution >= 4 is 46.6 Å². The van der Waals surface area contributed by atoms with Crippen molar-refractivity contribution < 1.29 is 9.59 Å². The van der Waals surface area contributed by atoms with Gasteiger partial charge in [-0.25, -0.2) is 0 Å². The molecular formula is C14H9Cl3N2O2. The van der Waals surface area contributed by atoms with Crippen LogP contribution < -0.4 is 10.9 Å². The van der Waals surface area contributed by atoms with Gasteiger partial charge in [-0.3, -0.25) is 20.4 Å². The summed E-state index contributed by atoms with van der Waals surface area (Å²) in [5, 5.41) is 0.871. The first kappa shape index (κ1) is 15.6. The third-order valence-electron chi connectivity index (χ3n) is 2.58. The molecule has 7 heteroatoms. The molecule has 0 fully saturated rings. The number of halogens is 3. The Labute approximate surface area is 136 Å². The molecular weight excluding hydrogens is 335 g/mol. The second-order valence-electron chi connectivity index (χ2n) is 4.01. The summed E-state index contributed by atoms with van der Waals surface area (Å²) in [6.07, 6.45) is 0. The van der Waals surface area contributed by atoms with Gasteiger partial charge in [-0.1, -0.05) is 46.9 Å². The third kappa shape index (κ3) is 3.88. The highest BCUT2D eigenvalue weighted by Crippen LogP contribution is 2.20. The van der Waals surface area contributed by atoms with Gasteiger partial charge in [0.1, 0.15) is 0 Å². The lowest BCUT2D eigenvalue weighted by Crippen LogP contribution is -2.41. The van der Waals surface area contributed by atoms with Crippen molar-refractivity contribution in [1.29, 1.82) is 0 Å². The summed E-state index contributed by atoms with van der Waals surface area (Å²) < 4.78 is 0. The van der Waals surface area contributed by atoms with E-state index in [4.69, 9.17) is 34.8 Å². The zero-order valence-corrected chi connectivity index (χ0v) is 12.8. The largest absolute Gasteiger partial charge is 0.271 e. The Morgan fingerprint density at radius 3 is 2.00 bits per heavy atom. The average Bonchev–Trinajstić information content (AvgIpc) is 2.47. The number of carbonyl (C=O) groups is 2. The number of hydrogen-bond acceptors (Lipinski definition) is 2. The van der Waals surface area contributed by atoms with Crippen LogP contribution >= 0.6 is 34.8 Å². The molecule has 0 heterocycles. The molecule has 0 unspecified atom stereocenters. The van der Waals surface area contributed by atoms with E-state index in [0.717, 1.165) is 0 Å². The van der Waals surface area contributed by atoms with Gasteiger partial charge in [-0.05, 0) is 30.3 Å². The van der Waals surface area contributed by atoms with Gasteiger partial charge in [-0.2, -0.15) is 0 Å². The van der Waals surface area contributed by atoms with E-state index in [0.29, 0.717) is 5.02 Å². The standard InChI is InChI=1S/C14H9Cl3N2O2/c15-8-5-6-12(17)10(7-8)14(21)19-18-13(20)9-3-1-2-4-11(9)16/h1-7H,(H,18,20)(H,19,21). The number of amides is 2. The molecule has 0 aliphatic rings. The highest BCUT2D eigenvalue weighted by atomic mass is 35.5. The van der Waals surface area contributed by atoms with Crippen molar-refractivity contribution in [2.24, 2.45) is 0 Å². The molecule has 2 rings (SSSR count). The fourth-order valence-corrected chi connectivity index (χ4v) is 2.16. The topological polar surface area (TPSA) is 58.2 Å². The van der Waals surface area contributed by atoms with Gasteiger partial charge >= 0.3 is 0 Å². The molecule has 0 aliphatic heterocycles. The molecule has 2 amide bonds. The number of hydrogen-bond donors (Lipinski definition) is 2. The minimum Gasteiger partial charge on any atom is -0.267 e. The van der Waals surface area contributed by atoms with Crippen molar-refractivity contribution in [3.8, 4) is 0 Å². The van der Waals surface area contributed by atoms with Gasteiger partial charge in [0, 0.05) is 5.02 Å². The molecule has 0 aromatic heterocycles. The summed E-state index contributed by atoms with van der Waals surface area (Å²) >= 11 is 17.6. The summed E-state index contributed by atoms with van der Waals surface area (Å²) in [6, 6.07) is 10.9. The highest BCUT2D eigenvalue weighted by Gasteiger charge is 2.14. The van der Waals surface area contributed by atoms with Crippen LogP contribution in [0.15, 0.2) is 42.5 Å². The van der Waals surface area contributed by atoms with E-state index in [1.807, 2.05) is 0 Å². The fraction of sp³-hybridized carbons (Fsp3) is 0. The average molecular weight is 344 g/mol. The van der Waals surface area contributed by atoms with Crippen LogP contribution in [0.5, 0.6) is 0 Å². The zero-order chi connectivity index (χ0) is 15.4. The normalized spacial score (nSPS) is 10.0. The smallest absolute Gasteiger partial charge is 0.267 e. The molecule has 108 valence electrons. The molecule has 0 saturated carbocycles. The first-order chi connectivity index (χ1) is 9.99. The maximum Gasteiger partial charge on any atom is 0.271 e. The highest BCUT2D eigenvalue weighted by molar-refractivity contribution is 6.36. The van der Waals surface area contributed by atoms with Gasteiger partial charge in [0.05, 0.1) is 21.2 Å². The van der Waals surface area contributed by atoms with Crippen molar-refractivity contribution in [3.63, 3.8) is 0 Å². The Kier molecular flexibility index (Phi) is 5.07. The summed E-state index contributed by atoms with van der Waals surface area (Å²) in [7, 11) is 0. The molecule has 0 spiro atoms. The first-order valence-corrected chi connectivity index (χ1v) is 6.92. The second-order valence-corrected chi connectivity index (χ2v) is 5.26. The Bertz CT molecular complexity index is 704. The quantitative estimate of drug-likeness (QED) is 0.817. The van der Waals surface area contributed by atoms with Gasteiger partial charge in [0.15, 0.2) is 0 Å². The number of carbonyl (C=O) groups excluding carboxylic acids is 2. The van der Waals surface area contributed by atoms with Crippen LogP contribution in [0, 0.1) is 0 Å². The van der Waals surface area contributed by atoms with E-state index in [9.17, 15) is 9.59 Å². The molecule has 0 radical (unpaired) electrons. The molecule has 0 aliphatic carbocycles.